The molecule has 9 aromatic carbocycles. The third-order valence-electron chi connectivity index (χ3n) is 11.5. The zero-order chi connectivity index (χ0) is 39.1. The van der Waals surface area contributed by atoms with Crippen LogP contribution in [0.4, 0.5) is 0 Å². The van der Waals surface area contributed by atoms with Gasteiger partial charge in [0.2, 0.25) is 0 Å². The standard InChI is InChI=1S/C56H37N3/c1-3-14-38(15-4-1)39-28-32-42(33-29-39)52-37-53(58-56(57-52)43-16-5-2-6-17-43)49-35-34-46(47-20-7-8-21-48(47)49)41-30-26-40(27-31-41)44-18-13-19-45(36-44)59-54-24-11-9-22-50(54)51-23-10-12-25-55(51)59/h1-37H. The maximum absolute atomic E-state index is 5.21. The summed E-state index contributed by atoms with van der Waals surface area (Å²) in [6.07, 6.45) is 0. The average molecular weight is 752 g/mol. The lowest BCUT2D eigenvalue weighted by molar-refractivity contribution is 1.18. The Balaban J connectivity index is 0.964. The van der Waals surface area contributed by atoms with E-state index in [9.17, 15) is 0 Å². The Labute approximate surface area is 343 Å². The van der Waals surface area contributed by atoms with Crippen LogP contribution in [-0.4, -0.2) is 14.5 Å². The minimum Gasteiger partial charge on any atom is -0.309 e. The zero-order valence-corrected chi connectivity index (χ0v) is 32.2. The summed E-state index contributed by atoms with van der Waals surface area (Å²) in [5.41, 5.74) is 15.5. The maximum atomic E-state index is 5.21. The molecule has 11 aromatic rings. The van der Waals surface area contributed by atoms with Gasteiger partial charge in [0.15, 0.2) is 5.82 Å². The Hall–Kier alpha value is -7.88. The second-order valence-corrected chi connectivity index (χ2v) is 15.0. The maximum Gasteiger partial charge on any atom is 0.160 e. The molecule has 0 radical (unpaired) electrons. The average Bonchev–Trinajstić information content (AvgIpc) is 3.66. The Kier molecular flexibility index (Phi) is 8.49. The summed E-state index contributed by atoms with van der Waals surface area (Å²) in [6.45, 7) is 0. The Morgan fingerprint density at radius 3 is 1.39 bits per heavy atom. The second kappa shape index (κ2) is 14.6. The Morgan fingerprint density at radius 1 is 0.271 bits per heavy atom. The van der Waals surface area contributed by atoms with E-state index in [0.29, 0.717) is 5.82 Å². The molecule has 59 heavy (non-hydrogen) atoms. The molecule has 0 saturated carbocycles. The van der Waals surface area contributed by atoms with Crippen molar-refractivity contribution in [3.8, 4) is 73.0 Å². The third-order valence-corrected chi connectivity index (χ3v) is 11.5. The van der Waals surface area contributed by atoms with E-state index in [0.717, 1.165) is 39.2 Å². The monoisotopic (exact) mass is 751 g/mol. The van der Waals surface area contributed by atoms with Gasteiger partial charge in [-0.3, -0.25) is 0 Å². The lowest BCUT2D eigenvalue weighted by atomic mass is 9.92. The Bertz CT molecular complexity index is 3240. The first-order valence-corrected chi connectivity index (χ1v) is 20.1. The van der Waals surface area contributed by atoms with Crippen molar-refractivity contribution in [1.82, 2.24) is 14.5 Å². The van der Waals surface area contributed by atoms with Crippen LogP contribution in [0.1, 0.15) is 0 Å². The summed E-state index contributed by atoms with van der Waals surface area (Å²) in [6, 6.07) is 79.9. The highest BCUT2D eigenvalue weighted by molar-refractivity contribution is 6.09. The van der Waals surface area contributed by atoms with Crippen LogP contribution in [0.5, 0.6) is 0 Å². The Morgan fingerprint density at radius 2 is 0.729 bits per heavy atom. The van der Waals surface area contributed by atoms with Crippen LogP contribution in [0.3, 0.4) is 0 Å². The van der Waals surface area contributed by atoms with Crippen molar-refractivity contribution in [2.75, 3.05) is 0 Å². The minimum absolute atomic E-state index is 0.705. The normalized spacial score (nSPS) is 11.4. The summed E-state index contributed by atoms with van der Waals surface area (Å²) >= 11 is 0. The second-order valence-electron chi connectivity index (χ2n) is 15.0. The van der Waals surface area contributed by atoms with E-state index in [1.165, 1.54) is 60.6 Å². The highest BCUT2D eigenvalue weighted by Gasteiger charge is 2.16. The molecule has 3 heteroatoms. The fraction of sp³-hybridized carbons (Fsp3) is 0. The van der Waals surface area contributed by atoms with Gasteiger partial charge in [-0.15, -0.1) is 0 Å². The molecule has 0 spiro atoms. The van der Waals surface area contributed by atoms with Crippen molar-refractivity contribution >= 4 is 32.6 Å². The molecule has 0 amide bonds. The summed E-state index contributed by atoms with van der Waals surface area (Å²) in [7, 11) is 0. The number of aromatic nitrogens is 3. The van der Waals surface area contributed by atoms with E-state index < -0.39 is 0 Å². The van der Waals surface area contributed by atoms with Crippen LogP contribution >= 0.6 is 0 Å². The lowest BCUT2D eigenvalue weighted by Gasteiger charge is -2.14. The van der Waals surface area contributed by atoms with Gasteiger partial charge in [-0.1, -0.05) is 194 Å². The van der Waals surface area contributed by atoms with Gasteiger partial charge in [0.25, 0.3) is 0 Å². The molecular weight excluding hydrogens is 715 g/mol. The molecule has 11 rings (SSSR count). The first kappa shape index (κ1) is 34.4. The van der Waals surface area contributed by atoms with Crippen LogP contribution in [0, 0.1) is 0 Å². The number of benzene rings is 9. The molecular formula is C56H37N3. The van der Waals surface area contributed by atoms with E-state index in [1.807, 2.05) is 24.3 Å². The molecule has 0 aliphatic heterocycles. The molecule has 0 fully saturated rings. The van der Waals surface area contributed by atoms with E-state index in [4.69, 9.17) is 9.97 Å². The number of nitrogens with zero attached hydrogens (tertiary/aromatic N) is 3. The number of fused-ring (bicyclic) bond motifs is 4. The van der Waals surface area contributed by atoms with Gasteiger partial charge in [-0.25, -0.2) is 9.97 Å². The van der Waals surface area contributed by atoms with Crippen molar-refractivity contribution < 1.29 is 0 Å². The zero-order valence-electron chi connectivity index (χ0n) is 32.2. The van der Waals surface area contributed by atoms with Crippen LogP contribution in [-0.2, 0) is 0 Å². The molecule has 0 unspecified atom stereocenters. The molecule has 0 atom stereocenters. The summed E-state index contributed by atoms with van der Waals surface area (Å²) < 4.78 is 2.38. The predicted molar refractivity (Wildman–Crippen MR) is 246 cm³/mol. The fourth-order valence-electron chi connectivity index (χ4n) is 8.56. The van der Waals surface area contributed by atoms with Crippen LogP contribution in [0.2, 0.25) is 0 Å². The van der Waals surface area contributed by atoms with Gasteiger partial charge in [0, 0.05) is 33.2 Å². The van der Waals surface area contributed by atoms with Crippen molar-refractivity contribution in [3.05, 3.63) is 224 Å². The molecule has 0 bridgehead atoms. The molecule has 0 N–H and O–H groups in total. The van der Waals surface area contributed by atoms with Gasteiger partial charge in [0.1, 0.15) is 0 Å². The number of hydrogen-bond acceptors (Lipinski definition) is 2. The molecule has 0 saturated heterocycles. The van der Waals surface area contributed by atoms with Gasteiger partial charge < -0.3 is 4.57 Å². The van der Waals surface area contributed by atoms with Crippen molar-refractivity contribution in [1.29, 1.82) is 0 Å². The summed E-state index contributed by atoms with van der Waals surface area (Å²) in [4.78, 5) is 10.3. The van der Waals surface area contributed by atoms with Crippen molar-refractivity contribution in [2.24, 2.45) is 0 Å². The highest BCUT2D eigenvalue weighted by Crippen LogP contribution is 2.39. The van der Waals surface area contributed by atoms with Crippen LogP contribution in [0.15, 0.2) is 224 Å². The minimum atomic E-state index is 0.705. The van der Waals surface area contributed by atoms with E-state index in [1.54, 1.807) is 0 Å². The SMILES string of the molecule is c1ccc(-c2ccc(-c3cc(-c4ccc(-c5ccc(-c6cccc(-n7c8ccccc8c8ccccc87)c6)cc5)c5ccccc45)nc(-c4ccccc4)n3)cc2)cc1. The topological polar surface area (TPSA) is 30.7 Å². The van der Waals surface area contributed by atoms with E-state index >= 15 is 0 Å². The molecule has 276 valence electrons. The predicted octanol–water partition coefficient (Wildman–Crippen LogP) is 14.7. The van der Waals surface area contributed by atoms with Crippen LogP contribution < -0.4 is 0 Å². The largest absolute Gasteiger partial charge is 0.309 e. The number of hydrogen-bond donors (Lipinski definition) is 0. The fourth-order valence-corrected chi connectivity index (χ4v) is 8.56. The van der Waals surface area contributed by atoms with Crippen molar-refractivity contribution in [2.45, 2.75) is 0 Å². The van der Waals surface area contributed by atoms with Gasteiger partial charge in [-0.2, -0.15) is 0 Å². The molecule has 0 aliphatic carbocycles. The van der Waals surface area contributed by atoms with Gasteiger partial charge in [0.05, 0.1) is 22.4 Å². The van der Waals surface area contributed by atoms with Crippen LogP contribution in [0.25, 0.3) is 106 Å². The van der Waals surface area contributed by atoms with Gasteiger partial charge >= 0.3 is 0 Å². The summed E-state index contributed by atoms with van der Waals surface area (Å²) in [5, 5.41) is 4.86. The number of rotatable bonds is 7. The van der Waals surface area contributed by atoms with Crippen molar-refractivity contribution in [3.63, 3.8) is 0 Å². The van der Waals surface area contributed by atoms with E-state index in [2.05, 4.69) is 205 Å². The smallest absolute Gasteiger partial charge is 0.160 e. The molecule has 2 heterocycles. The highest BCUT2D eigenvalue weighted by atomic mass is 15.0. The lowest BCUT2D eigenvalue weighted by Crippen LogP contribution is -1.97. The molecule has 3 nitrogen and oxygen atoms in total. The van der Waals surface area contributed by atoms with E-state index in [-0.39, 0.29) is 0 Å². The summed E-state index contributed by atoms with van der Waals surface area (Å²) in [5.74, 6) is 0.705. The number of para-hydroxylation sites is 2. The van der Waals surface area contributed by atoms with Gasteiger partial charge in [-0.05, 0) is 74.5 Å². The quantitative estimate of drug-likeness (QED) is 0.162. The molecule has 0 aliphatic rings. The first-order chi connectivity index (χ1) is 29.2. The molecule has 2 aromatic heterocycles. The first-order valence-electron chi connectivity index (χ1n) is 20.1. The third kappa shape index (κ3) is 6.26.